The van der Waals surface area contributed by atoms with E-state index in [0.717, 1.165) is 94.8 Å². The number of benzene rings is 2. The summed E-state index contributed by atoms with van der Waals surface area (Å²) in [5.41, 5.74) is 0. The van der Waals surface area contributed by atoms with Crippen LogP contribution >= 0.6 is 21.4 Å². The van der Waals surface area contributed by atoms with Crippen molar-refractivity contribution in [3.05, 3.63) is 48.5 Å². The van der Waals surface area contributed by atoms with E-state index in [4.69, 9.17) is 29.0 Å². The van der Waals surface area contributed by atoms with Crippen LogP contribution < -0.4 is 9.47 Å². The molecule has 2 aromatic rings. The van der Waals surface area contributed by atoms with E-state index < -0.39 is 15.2 Å². The molecule has 0 amide bonds. The number of aliphatic carboxylic acids is 1. The lowest BCUT2D eigenvalue weighted by molar-refractivity contribution is -0.143. The Labute approximate surface area is 334 Å². The Morgan fingerprint density at radius 2 is 0.815 bits per heavy atom. The van der Waals surface area contributed by atoms with E-state index in [1.54, 1.807) is 24.3 Å². The molecule has 0 spiro atoms. The van der Waals surface area contributed by atoms with Crippen molar-refractivity contribution in [1.82, 2.24) is 0 Å². The number of phenolic OH excluding ortho intramolecular Hbond substituents is 2. The summed E-state index contributed by atoms with van der Waals surface area (Å²) in [6, 6.07) is 12.6. The monoisotopic (exact) mass is 812 g/mol. The highest BCUT2D eigenvalue weighted by molar-refractivity contribution is 8.26. The Bertz CT molecular complexity index is 1280. The van der Waals surface area contributed by atoms with Crippen LogP contribution in [0.25, 0.3) is 0 Å². The molecule has 304 valence electrons. The Kier molecular flexibility index (Phi) is 23.6. The standard InChI is InChI=1S/C26H38O4.C10H18O2.C6H6O2.Cl2OS/c1-3-5-19-7-11-21(12-8-19)25(27)29-23-15-17-24(18-16-23)30-26(28)22-13-9-20(6-4-2)10-14-22;1-2-3-8-4-6-9(7-5-8)10(11)12;7-5-1-2-6(8)4-3-5;1-4(2)3/h15-22H,3-14H2,1-2H3;8-9H,2-7H2,1H3,(H,11,12);1-4,7-8H;. The van der Waals surface area contributed by atoms with E-state index in [2.05, 4.69) is 42.1 Å². The maximum absolute atomic E-state index is 12.5. The van der Waals surface area contributed by atoms with Crippen molar-refractivity contribution in [2.45, 2.75) is 136 Å². The van der Waals surface area contributed by atoms with Crippen molar-refractivity contribution >= 4 is 48.5 Å². The lowest BCUT2D eigenvalue weighted by atomic mass is 9.80. The van der Waals surface area contributed by atoms with Gasteiger partial charge in [0.25, 0.3) is 0 Å². The predicted octanol–water partition coefficient (Wildman–Crippen LogP) is 11.5. The largest absolute Gasteiger partial charge is 0.508 e. The third-order valence-corrected chi connectivity index (χ3v) is 10.8. The van der Waals surface area contributed by atoms with Gasteiger partial charge in [0.2, 0.25) is 9.23 Å². The SMILES string of the molecule is CCCC1CCC(C(=O)O)CC1.CCCC1CCC(C(=O)Oc2ccc(OC(=O)C3CCC(CCC)CC3)cc2)CC1.O=S(Cl)Cl.Oc1ccc(O)cc1. The van der Waals surface area contributed by atoms with Gasteiger partial charge in [0, 0.05) is 21.4 Å². The van der Waals surface area contributed by atoms with Crippen LogP contribution in [-0.4, -0.2) is 37.4 Å². The second-order valence-electron chi connectivity index (χ2n) is 14.9. The Hall–Kier alpha value is -2.82. The molecule has 0 atom stereocenters. The topological polar surface area (TPSA) is 147 Å². The average molecular weight is 814 g/mol. The number of phenols is 2. The number of hydrogen-bond acceptors (Lipinski definition) is 8. The van der Waals surface area contributed by atoms with Crippen LogP contribution in [0, 0.1) is 35.5 Å². The molecule has 0 unspecified atom stereocenters. The summed E-state index contributed by atoms with van der Waals surface area (Å²) >= 11 is 0. The molecule has 3 N–H and O–H groups in total. The van der Waals surface area contributed by atoms with Crippen LogP contribution in [0.2, 0.25) is 0 Å². The number of ether oxygens (including phenoxy) is 2. The summed E-state index contributed by atoms with van der Waals surface area (Å²) in [5, 5.41) is 26.0. The van der Waals surface area contributed by atoms with Crippen molar-refractivity contribution in [1.29, 1.82) is 0 Å². The molecular weight excluding hydrogens is 751 g/mol. The first-order chi connectivity index (χ1) is 25.8. The van der Waals surface area contributed by atoms with Crippen molar-refractivity contribution in [3.8, 4) is 23.0 Å². The van der Waals surface area contributed by atoms with E-state index in [9.17, 15) is 14.4 Å². The van der Waals surface area contributed by atoms with E-state index in [1.807, 2.05) is 0 Å². The maximum atomic E-state index is 12.5. The van der Waals surface area contributed by atoms with Gasteiger partial charge in [-0.3, -0.25) is 14.4 Å². The van der Waals surface area contributed by atoms with E-state index >= 15 is 0 Å². The Morgan fingerprint density at radius 3 is 1.06 bits per heavy atom. The lowest BCUT2D eigenvalue weighted by Crippen LogP contribution is -2.26. The van der Waals surface area contributed by atoms with E-state index in [0.29, 0.717) is 11.5 Å². The first-order valence-electron chi connectivity index (χ1n) is 19.8. The molecule has 0 aliphatic heterocycles. The number of aromatic hydroxyl groups is 2. The van der Waals surface area contributed by atoms with Crippen LogP contribution in [0.4, 0.5) is 0 Å². The fraction of sp³-hybridized carbons (Fsp3) is 0.643. The molecule has 9 nitrogen and oxygen atoms in total. The first-order valence-corrected chi connectivity index (χ1v) is 22.6. The summed E-state index contributed by atoms with van der Waals surface area (Å²) in [6.45, 7) is 6.64. The molecule has 0 radical (unpaired) electrons. The summed E-state index contributed by atoms with van der Waals surface area (Å²) in [7, 11) is 7.36. The van der Waals surface area contributed by atoms with Gasteiger partial charge >= 0.3 is 17.9 Å². The van der Waals surface area contributed by atoms with Gasteiger partial charge in [-0.2, -0.15) is 0 Å². The molecule has 12 heteroatoms. The lowest BCUT2D eigenvalue weighted by Gasteiger charge is -2.27. The third kappa shape index (κ3) is 19.7. The number of rotatable bonds is 11. The van der Waals surface area contributed by atoms with Crippen molar-refractivity contribution in [2.75, 3.05) is 0 Å². The van der Waals surface area contributed by atoms with Crippen LogP contribution in [0.5, 0.6) is 23.0 Å². The summed E-state index contributed by atoms with van der Waals surface area (Å²) in [5.74, 6) is 2.88. The molecule has 3 fully saturated rings. The molecule has 54 heavy (non-hydrogen) atoms. The van der Waals surface area contributed by atoms with Crippen LogP contribution in [0.3, 0.4) is 0 Å². The van der Waals surface area contributed by atoms with Crippen LogP contribution in [0.15, 0.2) is 48.5 Å². The zero-order valence-electron chi connectivity index (χ0n) is 32.3. The molecule has 3 aliphatic carbocycles. The Balaban J connectivity index is 0.000000340. The number of carbonyl (C=O) groups excluding carboxylic acids is 2. The average Bonchev–Trinajstić information content (AvgIpc) is 3.15. The normalized spacial score (nSPS) is 23.5. The van der Waals surface area contributed by atoms with Gasteiger partial charge in [-0.25, -0.2) is 4.21 Å². The summed E-state index contributed by atoms with van der Waals surface area (Å²) < 4.78 is 20.2. The molecule has 3 aliphatic rings. The number of esters is 2. The second kappa shape index (κ2) is 26.9. The molecule has 0 heterocycles. The molecular formula is C42H62Cl2O9S. The molecule has 0 bridgehead atoms. The Morgan fingerprint density at radius 1 is 0.556 bits per heavy atom. The maximum Gasteiger partial charge on any atom is 0.314 e. The molecule has 2 aromatic carbocycles. The van der Waals surface area contributed by atoms with Crippen LogP contribution in [0.1, 0.15) is 136 Å². The van der Waals surface area contributed by atoms with Gasteiger partial charge in [0.1, 0.15) is 23.0 Å². The highest BCUT2D eigenvalue weighted by Gasteiger charge is 2.29. The van der Waals surface area contributed by atoms with Gasteiger partial charge in [-0.15, -0.1) is 0 Å². The van der Waals surface area contributed by atoms with Gasteiger partial charge in [-0.05, 0) is 143 Å². The number of carbonyl (C=O) groups is 3. The summed E-state index contributed by atoms with van der Waals surface area (Å²) in [4.78, 5) is 35.6. The van der Waals surface area contributed by atoms with Crippen molar-refractivity contribution in [3.63, 3.8) is 0 Å². The fourth-order valence-corrected chi connectivity index (χ4v) is 7.72. The van der Waals surface area contributed by atoms with Gasteiger partial charge in [0.05, 0.1) is 17.8 Å². The second-order valence-corrected chi connectivity index (χ2v) is 17.4. The van der Waals surface area contributed by atoms with E-state index in [1.165, 1.54) is 62.8 Å². The number of hydrogen-bond donors (Lipinski definition) is 3. The van der Waals surface area contributed by atoms with Gasteiger partial charge in [0.15, 0.2) is 0 Å². The zero-order valence-corrected chi connectivity index (χ0v) is 34.6. The minimum atomic E-state index is -1.67. The van der Waals surface area contributed by atoms with Gasteiger partial charge in [-0.1, -0.05) is 59.3 Å². The van der Waals surface area contributed by atoms with Crippen LogP contribution in [-0.2, 0) is 23.6 Å². The van der Waals surface area contributed by atoms with E-state index in [-0.39, 0.29) is 41.2 Å². The first kappa shape index (κ1) is 47.3. The van der Waals surface area contributed by atoms with Crippen molar-refractivity contribution in [2.24, 2.45) is 35.5 Å². The number of carboxylic acids is 1. The van der Waals surface area contributed by atoms with Crippen molar-refractivity contribution < 1.29 is 43.4 Å². The molecule has 0 saturated heterocycles. The molecule has 3 saturated carbocycles. The summed E-state index contributed by atoms with van der Waals surface area (Å²) in [6.07, 6.45) is 19.8. The highest BCUT2D eigenvalue weighted by atomic mass is 36.0. The van der Waals surface area contributed by atoms with Gasteiger partial charge < -0.3 is 24.8 Å². The minimum absolute atomic E-state index is 0.0125. The highest BCUT2D eigenvalue weighted by Crippen LogP contribution is 2.35. The quantitative estimate of drug-likeness (QED) is 0.0872. The number of halogens is 2. The smallest absolute Gasteiger partial charge is 0.314 e. The minimum Gasteiger partial charge on any atom is -0.508 e. The molecule has 5 rings (SSSR count). The number of carboxylic acid groups (broad SMARTS) is 1. The third-order valence-electron chi connectivity index (χ3n) is 10.8. The predicted molar refractivity (Wildman–Crippen MR) is 216 cm³/mol. The zero-order chi connectivity index (χ0) is 39.9. The molecule has 0 aromatic heterocycles. The fourth-order valence-electron chi connectivity index (χ4n) is 7.72.